The largest absolute Gasteiger partial charge is 0.326 e. The van der Waals surface area contributed by atoms with E-state index >= 15 is 0 Å². The van der Waals surface area contributed by atoms with E-state index < -0.39 is 5.41 Å². The molecule has 2 aromatic rings. The number of hydrogen-bond donors (Lipinski definition) is 2. The number of Topliss-reactive ketones (excluding diaryl/α,β-unsaturated/α-hetero) is 1. The number of ketones is 1. The average molecular weight is 487 g/mol. The van der Waals surface area contributed by atoms with Crippen molar-refractivity contribution in [2.45, 2.75) is 70.6 Å². The molecule has 5 rings (SSSR count). The van der Waals surface area contributed by atoms with Gasteiger partial charge in [0, 0.05) is 30.4 Å². The maximum Gasteiger partial charge on any atom is 0.233 e. The van der Waals surface area contributed by atoms with Gasteiger partial charge in [0.25, 0.3) is 0 Å². The number of hydrogen-bond acceptors (Lipinski definition) is 4. The molecule has 4 unspecified atom stereocenters. The number of fused-ring (bicyclic) bond motifs is 1. The van der Waals surface area contributed by atoms with Crippen molar-refractivity contribution in [3.63, 3.8) is 0 Å². The summed E-state index contributed by atoms with van der Waals surface area (Å²) < 4.78 is 0. The first-order chi connectivity index (χ1) is 17.4. The summed E-state index contributed by atoms with van der Waals surface area (Å²) >= 11 is 0. The van der Waals surface area contributed by atoms with E-state index in [-0.39, 0.29) is 41.3 Å². The summed E-state index contributed by atoms with van der Waals surface area (Å²) in [7, 11) is 0. The Hall–Kier alpha value is -3.28. The summed E-state index contributed by atoms with van der Waals surface area (Å²) in [5.41, 5.74) is 3.38. The van der Waals surface area contributed by atoms with E-state index in [4.69, 9.17) is 0 Å². The summed E-state index contributed by atoms with van der Waals surface area (Å²) in [5, 5.41) is 5.55. The van der Waals surface area contributed by atoms with E-state index in [1.807, 2.05) is 55.5 Å². The third-order valence-corrected chi connectivity index (χ3v) is 8.63. The molecule has 1 heterocycles. The van der Waals surface area contributed by atoms with Gasteiger partial charge in [-0.15, -0.1) is 0 Å². The van der Waals surface area contributed by atoms with Gasteiger partial charge in [-0.05, 0) is 66.8 Å². The molecule has 6 nitrogen and oxygen atoms in total. The number of nitrogens with one attached hydrogen (secondary N) is 2. The minimum Gasteiger partial charge on any atom is -0.326 e. The number of amides is 3. The topological polar surface area (TPSA) is 92.3 Å². The molecule has 188 valence electrons. The average Bonchev–Trinajstić information content (AvgIpc) is 3.26. The van der Waals surface area contributed by atoms with Crippen LogP contribution in [0.15, 0.2) is 48.5 Å². The molecule has 4 atom stereocenters. The molecule has 3 aliphatic rings. The SMILES string of the molecule is CCC1CC(=O)NC(=O)C12Cc1ccc(NC(=O)CCC3CCCC(c4ccccc4)C3=O)cc1C2. The van der Waals surface area contributed by atoms with E-state index in [9.17, 15) is 19.2 Å². The predicted octanol–water partition coefficient (Wildman–Crippen LogP) is 4.72. The number of carbonyl (C=O) groups is 4. The predicted molar refractivity (Wildman–Crippen MR) is 137 cm³/mol. The first kappa shape index (κ1) is 24.4. The number of anilines is 1. The van der Waals surface area contributed by atoms with Crippen LogP contribution in [0.25, 0.3) is 0 Å². The second kappa shape index (κ2) is 10.00. The van der Waals surface area contributed by atoms with Crippen molar-refractivity contribution in [2.24, 2.45) is 17.3 Å². The van der Waals surface area contributed by atoms with Crippen LogP contribution in [0.2, 0.25) is 0 Å². The Morgan fingerprint density at radius 3 is 2.58 bits per heavy atom. The number of benzene rings is 2. The lowest BCUT2D eigenvalue weighted by atomic mass is 9.67. The highest BCUT2D eigenvalue weighted by Crippen LogP contribution is 2.47. The molecule has 2 N–H and O–H groups in total. The molecular formula is C30H34N2O4. The molecule has 1 saturated heterocycles. The van der Waals surface area contributed by atoms with Crippen molar-refractivity contribution in [2.75, 3.05) is 5.32 Å². The Morgan fingerprint density at radius 1 is 1.03 bits per heavy atom. The quantitative estimate of drug-likeness (QED) is 0.578. The van der Waals surface area contributed by atoms with E-state index in [1.165, 1.54) is 0 Å². The van der Waals surface area contributed by atoms with Crippen LogP contribution < -0.4 is 10.6 Å². The summed E-state index contributed by atoms with van der Waals surface area (Å²) in [4.78, 5) is 50.6. The summed E-state index contributed by atoms with van der Waals surface area (Å²) in [6, 6.07) is 15.8. The van der Waals surface area contributed by atoms with Crippen molar-refractivity contribution < 1.29 is 19.2 Å². The van der Waals surface area contributed by atoms with Crippen LogP contribution in [-0.4, -0.2) is 23.5 Å². The lowest BCUT2D eigenvalue weighted by Gasteiger charge is -2.39. The molecule has 0 aromatic heterocycles. The van der Waals surface area contributed by atoms with Gasteiger partial charge in [0.1, 0.15) is 5.78 Å². The molecule has 1 aliphatic heterocycles. The third kappa shape index (κ3) is 4.61. The maximum absolute atomic E-state index is 13.1. The van der Waals surface area contributed by atoms with Crippen LogP contribution in [0, 0.1) is 17.3 Å². The number of piperidine rings is 1. The molecule has 1 spiro atoms. The van der Waals surface area contributed by atoms with Crippen LogP contribution in [-0.2, 0) is 32.0 Å². The van der Waals surface area contributed by atoms with Crippen LogP contribution in [0.3, 0.4) is 0 Å². The molecular weight excluding hydrogens is 452 g/mol. The fourth-order valence-electron chi connectivity index (χ4n) is 6.64. The van der Waals surface area contributed by atoms with Gasteiger partial charge in [0.05, 0.1) is 5.41 Å². The van der Waals surface area contributed by atoms with Crippen molar-refractivity contribution >= 4 is 29.2 Å². The zero-order valence-corrected chi connectivity index (χ0v) is 20.8. The molecule has 36 heavy (non-hydrogen) atoms. The normalized spacial score (nSPS) is 27.6. The molecule has 3 amide bonds. The number of carbonyl (C=O) groups excluding carboxylic acids is 4. The summed E-state index contributed by atoms with van der Waals surface area (Å²) in [5.74, 6) is -0.296. The molecule has 2 aliphatic carbocycles. The Morgan fingerprint density at radius 2 is 1.81 bits per heavy atom. The Kier molecular flexibility index (Phi) is 6.78. The van der Waals surface area contributed by atoms with Gasteiger partial charge in [-0.1, -0.05) is 56.2 Å². The molecule has 1 saturated carbocycles. The van der Waals surface area contributed by atoms with Gasteiger partial charge < -0.3 is 5.32 Å². The van der Waals surface area contributed by atoms with E-state index in [2.05, 4.69) is 10.6 Å². The highest BCUT2D eigenvalue weighted by molar-refractivity contribution is 6.02. The van der Waals surface area contributed by atoms with Gasteiger partial charge in [-0.25, -0.2) is 0 Å². The van der Waals surface area contributed by atoms with Crippen molar-refractivity contribution in [1.29, 1.82) is 0 Å². The van der Waals surface area contributed by atoms with Gasteiger partial charge in [0.15, 0.2) is 0 Å². The Bertz CT molecular complexity index is 1190. The van der Waals surface area contributed by atoms with E-state index in [1.54, 1.807) is 0 Å². The Balaban J connectivity index is 1.20. The first-order valence-electron chi connectivity index (χ1n) is 13.2. The van der Waals surface area contributed by atoms with E-state index in [0.29, 0.717) is 37.8 Å². The fraction of sp³-hybridized carbons (Fsp3) is 0.467. The third-order valence-electron chi connectivity index (χ3n) is 8.63. The minimum absolute atomic E-state index is 0.0249. The fourth-order valence-corrected chi connectivity index (χ4v) is 6.64. The molecule has 0 bridgehead atoms. The van der Waals surface area contributed by atoms with E-state index in [0.717, 1.165) is 42.4 Å². The second-order valence-corrected chi connectivity index (χ2v) is 10.8. The molecule has 0 radical (unpaired) electrons. The van der Waals surface area contributed by atoms with Crippen LogP contribution in [0.1, 0.15) is 74.5 Å². The minimum atomic E-state index is -0.579. The number of imide groups is 1. The van der Waals surface area contributed by atoms with Crippen LogP contribution >= 0.6 is 0 Å². The number of rotatable bonds is 6. The molecule has 2 fully saturated rings. The van der Waals surface area contributed by atoms with Crippen molar-refractivity contribution in [3.05, 3.63) is 65.2 Å². The van der Waals surface area contributed by atoms with Crippen molar-refractivity contribution in [1.82, 2.24) is 5.32 Å². The standard InChI is InChI=1S/C30H34N2O4/c1-2-23-16-27(34)32-29(36)30(23)17-21-11-13-24(15-22(21)18-30)31-26(33)14-12-20-9-6-10-25(28(20)35)19-7-4-3-5-8-19/h3-5,7-8,11,13,15,20,23,25H,2,6,9-10,12,14,16-18H2,1H3,(H,31,33)(H,32,34,36). The molecule has 2 aromatic carbocycles. The Labute approximate surface area is 212 Å². The first-order valence-corrected chi connectivity index (χ1v) is 13.2. The summed E-state index contributed by atoms with van der Waals surface area (Å²) in [6.45, 7) is 2.03. The van der Waals surface area contributed by atoms with Crippen LogP contribution in [0.4, 0.5) is 5.69 Å². The zero-order valence-electron chi connectivity index (χ0n) is 20.8. The molecule has 6 heteroatoms. The van der Waals surface area contributed by atoms with Gasteiger partial charge >= 0.3 is 0 Å². The van der Waals surface area contributed by atoms with Gasteiger partial charge in [-0.3, -0.25) is 24.5 Å². The highest BCUT2D eigenvalue weighted by atomic mass is 16.2. The lowest BCUT2D eigenvalue weighted by molar-refractivity contribution is -0.146. The lowest BCUT2D eigenvalue weighted by Crippen LogP contribution is -2.54. The van der Waals surface area contributed by atoms with Crippen LogP contribution in [0.5, 0.6) is 0 Å². The monoisotopic (exact) mass is 486 g/mol. The van der Waals surface area contributed by atoms with Gasteiger partial charge in [-0.2, -0.15) is 0 Å². The highest BCUT2D eigenvalue weighted by Gasteiger charge is 2.52. The van der Waals surface area contributed by atoms with Gasteiger partial charge in [0.2, 0.25) is 17.7 Å². The summed E-state index contributed by atoms with van der Waals surface area (Å²) in [6.07, 6.45) is 5.97. The smallest absolute Gasteiger partial charge is 0.233 e. The van der Waals surface area contributed by atoms with Crippen molar-refractivity contribution in [3.8, 4) is 0 Å². The maximum atomic E-state index is 13.1. The second-order valence-electron chi connectivity index (χ2n) is 10.8. The zero-order chi connectivity index (χ0) is 25.3.